The van der Waals surface area contributed by atoms with E-state index in [0.717, 1.165) is 5.69 Å². The molecule has 0 atom stereocenters. The highest BCUT2D eigenvalue weighted by Gasteiger charge is 2.16. The summed E-state index contributed by atoms with van der Waals surface area (Å²) >= 11 is 0. The maximum absolute atomic E-state index is 14.3. The molecule has 0 N–H and O–H groups in total. The molecule has 4 rings (SSSR count). The molecule has 2 aromatic carbocycles. The van der Waals surface area contributed by atoms with Gasteiger partial charge in [0.15, 0.2) is 0 Å². The van der Waals surface area contributed by atoms with E-state index in [1.54, 1.807) is 10.5 Å². The molecule has 0 saturated heterocycles. The van der Waals surface area contributed by atoms with Crippen molar-refractivity contribution in [1.29, 1.82) is 0 Å². The minimum atomic E-state index is -0.326. The molecular weight excluding hydrogens is 281 g/mol. The smallest absolute Gasteiger partial charge is 0.257 e. The summed E-state index contributed by atoms with van der Waals surface area (Å²) in [6.45, 7) is 0. The van der Waals surface area contributed by atoms with Crippen molar-refractivity contribution in [3.8, 4) is 0 Å². The third-order valence-electron chi connectivity index (χ3n) is 3.67. The lowest BCUT2D eigenvalue weighted by Crippen LogP contribution is -2.13. The summed E-state index contributed by atoms with van der Waals surface area (Å²) in [7, 11) is 1.90. The number of nitrogens with zero attached hydrogens (tertiary/aromatic N) is 5. The minimum absolute atomic E-state index is 0.326. The topological polar surface area (TPSA) is 46.3 Å². The van der Waals surface area contributed by atoms with Crippen LogP contribution in [-0.2, 0) is 0 Å². The third kappa shape index (κ3) is 1.81. The highest BCUT2D eigenvalue weighted by atomic mass is 19.1. The molecule has 4 aromatic rings. The Morgan fingerprint density at radius 3 is 2.68 bits per heavy atom. The first-order chi connectivity index (χ1) is 10.8. The number of hydrogen-bond acceptors (Lipinski definition) is 4. The number of rotatable bonds is 2. The highest BCUT2D eigenvalue weighted by molar-refractivity contribution is 5.93. The highest BCUT2D eigenvalue weighted by Crippen LogP contribution is 2.30. The Labute approximate surface area is 125 Å². The van der Waals surface area contributed by atoms with Crippen LogP contribution in [0.15, 0.2) is 54.9 Å². The zero-order valence-electron chi connectivity index (χ0n) is 11.8. The first-order valence-electron chi connectivity index (χ1n) is 6.82. The Morgan fingerprint density at radius 1 is 1.05 bits per heavy atom. The monoisotopic (exact) mass is 293 g/mol. The van der Waals surface area contributed by atoms with Crippen molar-refractivity contribution in [2.24, 2.45) is 0 Å². The lowest BCUT2D eigenvalue weighted by molar-refractivity contribution is 0.635. The first kappa shape index (κ1) is 12.7. The van der Waals surface area contributed by atoms with E-state index in [1.807, 2.05) is 48.3 Å². The number of halogens is 1. The first-order valence-corrected chi connectivity index (χ1v) is 6.82. The maximum atomic E-state index is 14.3. The summed E-state index contributed by atoms with van der Waals surface area (Å²) in [6, 6.07) is 14.7. The molecule has 5 nitrogen and oxygen atoms in total. The van der Waals surface area contributed by atoms with Crippen molar-refractivity contribution in [3.63, 3.8) is 0 Å². The van der Waals surface area contributed by atoms with Gasteiger partial charge in [0.05, 0.1) is 5.52 Å². The van der Waals surface area contributed by atoms with Crippen LogP contribution in [-0.4, -0.2) is 26.6 Å². The lowest BCUT2D eigenvalue weighted by atomic mass is 10.2. The van der Waals surface area contributed by atoms with Crippen LogP contribution in [0, 0.1) is 5.82 Å². The molecule has 22 heavy (non-hydrogen) atoms. The molecule has 6 heteroatoms. The van der Waals surface area contributed by atoms with Gasteiger partial charge < -0.3 is 4.90 Å². The number of hydrogen-bond donors (Lipinski definition) is 0. The number of anilines is 2. The van der Waals surface area contributed by atoms with Gasteiger partial charge in [-0.15, -0.1) is 10.2 Å². The summed E-state index contributed by atoms with van der Waals surface area (Å²) < 4.78 is 15.9. The van der Waals surface area contributed by atoms with Gasteiger partial charge in [-0.05, 0) is 24.3 Å². The van der Waals surface area contributed by atoms with E-state index in [-0.39, 0.29) is 5.82 Å². The molecule has 0 saturated carbocycles. The molecule has 0 bridgehead atoms. The van der Waals surface area contributed by atoms with Crippen LogP contribution in [0.1, 0.15) is 0 Å². The molecule has 2 aromatic heterocycles. The van der Waals surface area contributed by atoms with Crippen molar-refractivity contribution in [3.05, 3.63) is 60.7 Å². The number of para-hydroxylation sites is 2. The van der Waals surface area contributed by atoms with Crippen LogP contribution in [0.4, 0.5) is 15.9 Å². The quantitative estimate of drug-likeness (QED) is 0.569. The summed E-state index contributed by atoms with van der Waals surface area (Å²) in [4.78, 5) is 6.44. The minimum Gasteiger partial charge on any atom is -0.329 e. The fourth-order valence-electron chi connectivity index (χ4n) is 2.59. The van der Waals surface area contributed by atoms with E-state index in [4.69, 9.17) is 0 Å². The predicted molar refractivity (Wildman–Crippen MR) is 82.8 cm³/mol. The molecule has 0 spiro atoms. The van der Waals surface area contributed by atoms with Crippen LogP contribution >= 0.6 is 0 Å². The van der Waals surface area contributed by atoms with Crippen LogP contribution in [0.25, 0.3) is 16.7 Å². The van der Waals surface area contributed by atoms with Crippen LogP contribution in [0.2, 0.25) is 0 Å². The van der Waals surface area contributed by atoms with Gasteiger partial charge in [-0.1, -0.05) is 24.3 Å². The SMILES string of the molecule is CN(c1ccccc1)c1nc2nncn2c2c(F)cccc12. The van der Waals surface area contributed by atoms with Crippen molar-refractivity contribution in [1.82, 2.24) is 19.6 Å². The van der Waals surface area contributed by atoms with E-state index in [1.165, 1.54) is 12.4 Å². The van der Waals surface area contributed by atoms with E-state index in [2.05, 4.69) is 15.2 Å². The molecule has 0 unspecified atom stereocenters. The Balaban J connectivity index is 2.06. The van der Waals surface area contributed by atoms with Gasteiger partial charge in [0.2, 0.25) is 0 Å². The van der Waals surface area contributed by atoms with Crippen molar-refractivity contribution < 1.29 is 4.39 Å². The summed E-state index contributed by atoms with van der Waals surface area (Å²) in [5.74, 6) is 0.684. The molecule has 0 fully saturated rings. The van der Waals surface area contributed by atoms with Crippen molar-refractivity contribution in [2.45, 2.75) is 0 Å². The lowest BCUT2D eigenvalue weighted by Gasteiger charge is -2.20. The number of benzene rings is 2. The van der Waals surface area contributed by atoms with E-state index < -0.39 is 0 Å². The van der Waals surface area contributed by atoms with E-state index >= 15 is 0 Å². The molecule has 2 heterocycles. The van der Waals surface area contributed by atoms with Gasteiger partial charge in [0, 0.05) is 18.1 Å². The Kier molecular flexibility index (Phi) is 2.75. The van der Waals surface area contributed by atoms with Crippen molar-refractivity contribution >= 4 is 28.2 Å². The van der Waals surface area contributed by atoms with Gasteiger partial charge in [-0.2, -0.15) is 4.98 Å². The van der Waals surface area contributed by atoms with Gasteiger partial charge in [0.1, 0.15) is 18.0 Å². The number of aromatic nitrogens is 4. The van der Waals surface area contributed by atoms with Crippen LogP contribution < -0.4 is 4.90 Å². The molecule has 0 amide bonds. The molecule has 0 aliphatic carbocycles. The summed E-state index contributed by atoms with van der Waals surface area (Å²) in [5.41, 5.74) is 1.39. The predicted octanol–water partition coefficient (Wildman–Crippen LogP) is 3.18. The second-order valence-electron chi connectivity index (χ2n) is 4.97. The molecular formula is C16H12FN5. The zero-order chi connectivity index (χ0) is 15.1. The van der Waals surface area contributed by atoms with Crippen LogP contribution in [0.5, 0.6) is 0 Å². The average Bonchev–Trinajstić information content (AvgIpc) is 3.02. The molecule has 0 aliphatic heterocycles. The van der Waals surface area contributed by atoms with Gasteiger partial charge in [0.25, 0.3) is 5.78 Å². The third-order valence-corrected chi connectivity index (χ3v) is 3.67. The molecule has 0 radical (unpaired) electrons. The van der Waals surface area contributed by atoms with Gasteiger partial charge in [-0.25, -0.2) is 4.39 Å². The van der Waals surface area contributed by atoms with E-state index in [9.17, 15) is 4.39 Å². The fraction of sp³-hybridized carbons (Fsp3) is 0.0625. The maximum Gasteiger partial charge on any atom is 0.257 e. The fourth-order valence-corrected chi connectivity index (χ4v) is 2.59. The molecule has 0 aliphatic rings. The normalized spacial score (nSPS) is 11.2. The van der Waals surface area contributed by atoms with Gasteiger partial charge in [-0.3, -0.25) is 4.40 Å². The summed E-state index contributed by atoms with van der Waals surface area (Å²) in [6.07, 6.45) is 1.47. The zero-order valence-corrected chi connectivity index (χ0v) is 11.8. The second kappa shape index (κ2) is 4.77. The van der Waals surface area contributed by atoms with Crippen molar-refractivity contribution in [2.75, 3.05) is 11.9 Å². The second-order valence-corrected chi connectivity index (χ2v) is 4.97. The Hall–Kier alpha value is -3.02. The Morgan fingerprint density at radius 2 is 1.86 bits per heavy atom. The van der Waals surface area contributed by atoms with E-state index in [0.29, 0.717) is 22.5 Å². The standard InChI is InChI=1S/C16H12FN5/c1-21(11-6-3-2-4-7-11)15-12-8-5-9-13(17)14(12)22-10-18-20-16(22)19-15/h2-10H,1H3. The average molecular weight is 293 g/mol. The Bertz CT molecular complexity index is 964. The summed E-state index contributed by atoms with van der Waals surface area (Å²) in [5, 5.41) is 8.49. The largest absolute Gasteiger partial charge is 0.329 e. The molecule has 108 valence electrons. The van der Waals surface area contributed by atoms with Crippen LogP contribution in [0.3, 0.4) is 0 Å². The number of fused-ring (bicyclic) bond motifs is 3. The van der Waals surface area contributed by atoms with Gasteiger partial charge >= 0.3 is 0 Å².